The Morgan fingerprint density at radius 3 is 2.92 bits per heavy atom. The number of oxazole rings is 1. The lowest BCUT2D eigenvalue weighted by molar-refractivity contribution is 0.102. The first-order chi connectivity index (χ1) is 12.0. The SMILES string of the molecule is Nc1ncccc1NCc1cc(NC(=O)c2coc(Cl)n2)ccc1F. The van der Waals surface area contributed by atoms with Gasteiger partial charge < -0.3 is 20.8 Å². The number of aromatic nitrogens is 2. The highest BCUT2D eigenvalue weighted by Crippen LogP contribution is 2.19. The molecule has 0 unspecified atom stereocenters. The van der Waals surface area contributed by atoms with E-state index in [1.54, 1.807) is 18.3 Å². The predicted octanol–water partition coefficient (Wildman–Crippen LogP) is 3.31. The highest BCUT2D eigenvalue weighted by atomic mass is 35.5. The molecule has 0 aliphatic rings. The molecule has 7 nitrogen and oxygen atoms in total. The summed E-state index contributed by atoms with van der Waals surface area (Å²) in [6.45, 7) is 0.168. The van der Waals surface area contributed by atoms with Crippen molar-refractivity contribution in [3.05, 3.63) is 65.2 Å². The van der Waals surface area contributed by atoms with E-state index in [4.69, 9.17) is 21.8 Å². The van der Waals surface area contributed by atoms with Crippen molar-refractivity contribution in [3.63, 3.8) is 0 Å². The normalized spacial score (nSPS) is 10.5. The second-order valence-electron chi connectivity index (χ2n) is 5.04. The van der Waals surface area contributed by atoms with Crippen molar-refractivity contribution in [2.45, 2.75) is 6.54 Å². The lowest BCUT2D eigenvalue weighted by Gasteiger charge is -2.11. The number of hydrogen-bond acceptors (Lipinski definition) is 6. The topological polar surface area (TPSA) is 106 Å². The third-order valence-electron chi connectivity index (χ3n) is 3.32. The van der Waals surface area contributed by atoms with E-state index < -0.39 is 11.7 Å². The predicted molar refractivity (Wildman–Crippen MR) is 91.8 cm³/mol. The third kappa shape index (κ3) is 4.04. The zero-order chi connectivity index (χ0) is 17.8. The molecule has 9 heteroatoms. The summed E-state index contributed by atoms with van der Waals surface area (Å²) in [6.07, 6.45) is 2.70. The van der Waals surface area contributed by atoms with Crippen LogP contribution in [0.2, 0.25) is 5.35 Å². The van der Waals surface area contributed by atoms with E-state index in [9.17, 15) is 9.18 Å². The number of nitrogens with zero attached hydrogens (tertiary/aromatic N) is 2. The van der Waals surface area contributed by atoms with Gasteiger partial charge in [-0.25, -0.2) is 9.37 Å². The quantitative estimate of drug-likeness (QED) is 0.643. The number of benzene rings is 1. The minimum Gasteiger partial charge on any atom is -0.435 e. The fraction of sp³-hybridized carbons (Fsp3) is 0.0625. The average molecular weight is 362 g/mol. The fourth-order valence-electron chi connectivity index (χ4n) is 2.10. The Morgan fingerprint density at radius 2 is 2.20 bits per heavy atom. The highest BCUT2D eigenvalue weighted by molar-refractivity contribution is 6.28. The first-order valence-corrected chi connectivity index (χ1v) is 7.56. The van der Waals surface area contributed by atoms with Crippen LogP contribution in [-0.2, 0) is 6.54 Å². The Morgan fingerprint density at radius 1 is 1.36 bits per heavy atom. The van der Waals surface area contributed by atoms with Crippen LogP contribution in [0.4, 0.5) is 21.6 Å². The summed E-state index contributed by atoms with van der Waals surface area (Å²) >= 11 is 5.53. The number of carbonyl (C=O) groups is 1. The number of nitrogen functional groups attached to an aromatic ring is 1. The van der Waals surface area contributed by atoms with Gasteiger partial charge in [0.1, 0.15) is 17.9 Å². The molecule has 0 atom stereocenters. The molecule has 0 spiro atoms. The van der Waals surface area contributed by atoms with Crippen LogP contribution in [0.15, 0.2) is 47.2 Å². The van der Waals surface area contributed by atoms with E-state index in [1.165, 1.54) is 18.2 Å². The van der Waals surface area contributed by atoms with Gasteiger partial charge in [-0.1, -0.05) is 0 Å². The maximum absolute atomic E-state index is 14.0. The minimum atomic E-state index is -0.516. The number of rotatable bonds is 5. The number of hydrogen-bond donors (Lipinski definition) is 3. The number of amides is 1. The van der Waals surface area contributed by atoms with E-state index in [-0.39, 0.29) is 17.6 Å². The van der Waals surface area contributed by atoms with Gasteiger partial charge in [0.15, 0.2) is 5.69 Å². The van der Waals surface area contributed by atoms with Crippen molar-refractivity contribution in [1.82, 2.24) is 9.97 Å². The zero-order valence-corrected chi connectivity index (χ0v) is 13.5. The standard InChI is InChI=1S/C16H13ClFN5O2/c17-16-23-13(8-25-16)15(24)22-10-3-4-11(18)9(6-10)7-21-12-2-1-5-20-14(12)19/h1-6,8,21H,7H2,(H2,19,20)(H,22,24). The van der Waals surface area contributed by atoms with E-state index in [0.29, 0.717) is 22.8 Å². The van der Waals surface area contributed by atoms with Crippen molar-refractivity contribution in [1.29, 1.82) is 0 Å². The number of anilines is 3. The molecule has 25 heavy (non-hydrogen) atoms. The summed E-state index contributed by atoms with van der Waals surface area (Å²) < 4.78 is 18.8. The van der Waals surface area contributed by atoms with Gasteiger partial charge in [-0.15, -0.1) is 0 Å². The first kappa shape index (κ1) is 16.7. The van der Waals surface area contributed by atoms with Crippen LogP contribution >= 0.6 is 11.6 Å². The molecule has 0 aliphatic carbocycles. The second kappa shape index (κ2) is 7.18. The van der Waals surface area contributed by atoms with Gasteiger partial charge in [0.2, 0.25) is 0 Å². The molecule has 0 aliphatic heterocycles. The Balaban J connectivity index is 1.72. The van der Waals surface area contributed by atoms with Gasteiger partial charge in [-0.3, -0.25) is 4.79 Å². The van der Waals surface area contributed by atoms with Crippen LogP contribution in [-0.4, -0.2) is 15.9 Å². The molecule has 0 radical (unpaired) electrons. The van der Waals surface area contributed by atoms with Gasteiger partial charge >= 0.3 is 0 Å². The summed E-state index contributed by atoms with van der Waals surface area (Å²) in [5, 5.41) is 5.46. The molecule has 2 aromatic heterocycles. The van der Waals surface area contributed by atoms with Crippen molar-refractivity contribution in [2.75, 3.05) is 16.4 Å². The third-order valence-corrected chi connectivity index (χ3v) is 3.49. The first-order valence-electron chi connectivity index (χ1n) is 7.18. The number of halogens is 2. The molecule has 3 rings (SSSR count). The van der Waals surface area contributed by atoms with Gasteiger partial charge in [-0.2, -0.15) is 4.98 Å². The highest BCUT2D eigenvalue weighted by Gasteiger charge is 2.13. The molecular weight excluding hydrogens is 349 g/mol. The number of carbonyl (C=O) groups excluding carboxylic acids is 1. The maximum atomic E-state index is 14.0. The Kier molecular flexibility index (Phi) is 4.80. The van der Waals surface area contributed by atoms with Gasteiger partial charge in [-0.05, 0) is 41.9 Å². The molecule has 0 fully saturated rings. The molecule has 1 amide bonds. The maximum Gasteiger partial charge on any atom is 0.292 e. The van der Waals surface area contributed by atoms with Gasteiger partial charge in [0.05, 0.1) is 5.69 Å². The molecule has 0 bridgehead atoms. The molecule has 0 saturated carbocycles. The lowest BCUT2D eigenvalue weighted by atomic mass is 10.1. The zero-order valence-electron chi connectivity index (χ0n) is 12.8. The summed E-state index contributed by atoms with van der Waals surface area (Å²) in [5.74, 6) is -0.620. The number of nitrogens with two attached hydrogens (primary N) is 1. The largest absolute Gasteiger partial charge is 0.435 e. The van der Waals surface area contributed by atoms with Crippen LogP contribution in [0, 0.1) is 5.82 Å². The Labute approximate surface area is 147 Å². The Hall–Kier alpha value is -3.13. The van der Waals surface area contributed by atoms with Crippen LogP contribution in [0.1, 0.15) is 16.1 Å². The fourth-order valence-corrected chi connectivity index (χ4v) is 2.23. The van der Waals surface area contributed by atoms with Crippen LogP contribution in [0.5, 0.6) is 0 Å². The summed E-state index contributed by atoms with van der Waals surface area (Å²) in [4.78, 5) is 19.7. The minimum absolute atomic E-state index is 0.0251. The molecule has 3 aromatic rings. The molecule has 0 saturated heterocycles. The van der Waals surface area contributed by atoms with E-state index in [1.807, 2.05) is 0 Å². The monoisotopic (exact) mass is 361 g/mol. The summed E-state index contributed by atoms with van der Waals surface area (Å²) in [5.41, 5.74) is 7.10. The second-order valence-corrected chi connectivity index (χ2v) is 5.36. The van der Waals surface area contributed by atoms with Crippen molar-refractivity contribution in [2.24, 2.45) is 0 Å². The van der Waals surface area contributed by atoms with Gasteiger partial charge in [0.25, 0.3) is 11.3 Å². The average Bonchev–Trinajstić information content (AvgIpc) is 3.03. The molecule has 2 heterocycles. The van der Waals surface area contributed by atoms with Crippen molar-refractivity contribution in [3.8, 4) is 0 Å². The molecule has 128 valence electrons. The lowest BCUT2D eigenvalue weighted by Crippen LogP contribution is -2.13. The molecular formula is C16H13ClFN5O2. The van der Waals surface area contributed by atoms with E-state index in [0.717, 1.165) is 6.26 Å². The van der Waals surface area contributed by atoms with E-state index >= 15 is 0 Å². The number of nitrogens with one attached hydrogen (secondary N) is 2. The summed E-state index contributed by atoms with van der Waals surface area (Å²) in [7, 11) is 0. The van der Waals surface area contributed by atoms with Crippen LogP contribution in [0.25, 0.3) is 0 Å². The Bertz CT molecular complexity index is 915. The molecule has 4 N–H and O–H groups in total. The van der Waals surface area contributed by atoms with Gasteiger partial charge in [0, 0.05) is 24.0 Å². The van der Waals surface area contributed by atoms with Crippen molar-refractivity contribution < 1.29 is 13.6 Å². The van der Waals surface area contributed by atoms with Crippen molar-refractivity contribution >= 4 is 34.7 Å². The summed E-state index contributed by atoms with van der Waals surface area (Å²) in [6, 6.07) is 7.66. The van der Waals surface area contributed by atoms with Crippen LogP contribution in [0.3, 0.4) is 0 Å². The smallest absolute Gasteiger partial charge is 0.292 e. The number of pyridine rings is 1. The van der Waals surface area contributed by atoms with E-state index in [2.05, 4.69) is 20.6 Å². The molecule has 1 aromatic carbocycles. The van der Waals surface area contributed by atoms with Crippen LogP contribution < -0.4 is 16.4 Å².